The van der Waals surface area contributed by atoms with Crippen molar-refractivity contribution in [3.63, 3.8) is 0 Å². The van der Waals surface area contributed by atoms with Crippen LogP contribution in [0.3, 0.4) is 0 Å². The number of carboxylic acids is 1. The van der Waals surface area contributed by atoms with Gasteiger partial charge in [0.2, 0.25) is 0 Å². The number of hydrogen-bond acceptors (Lipinski definition) is 2. The molecule has 0 spiro atoms. The van der Waals surface area contributed by atoms with Gasteiger partial charge in [0, 0.05) is 12.5 Å². The number of fused-ring (bicyclic) bond motifs is 1. The van der Waals surface area contributed by atoms with E-state index in [1.54, 1.807) is 0 Å². The van der Waals surface area contributed by atoms with E-state index in [-0.39, 0.29) is 37.1 Å². The van der Waals surface area contributed by atoms with Gasteiger partial charge in [0.05, 0.1) is 11.3 Å². The van der Waals surface area contributed by atoms with E-state index >= 15 is 0 Å². The Balaban J connectivity index is 1.76. The van der Waals surface area contributed by atoms with Crippen molar-refractivity contribution in [2.45, 2.75) is 50.5 Å². The average molecular weight is 424 g/mol. The molecule has 1 aliphatic rings. The summed E-state index contributed by atoms with van der Waals surface area (Å²) in [5.41, 5.74) is -3.37. The van der Waals surface area contributed by atoms with E-state index in [2.05, 4.69) is 5.10 Å². The van der Waals surface area contributed by atoms with Crippen molar-refractivity contribution < 1.29 is 40.6 Å². The Morgan fingerprint density at radius 1 is 1.14 bits per heavy atom. The molecule has 0 radical (unpaired) electrons. The van der Waals surface area contributed by atoms with Crippen LogP contribution in [-0.2, 0) is 25.3 Å². The zero-order valence-corrected chi connectivity index (χ0v) is 14.7. The second-order valence-electron chi connectivity index (χ2n) is 6.86. The quantitative estimate of drug-likeness (QED) is 0.666. The highest BCUT2D eigenvalue weighted by Gasteiger charge is 2.44. The predicted octanol–water partition coefficient (Wildman–Crippen LogP) is 5.27. The van der Waals surface area contributed by atoms with Crippen LogP contribution in [0.5, 0.6) is 0 Å². The van der Waals surface area contributed by atoms with E-state index in [9.17, 15) is 40.6 Å². The van der Waals surface area contributed by atoms with Gasteiger partial charge in [0.15, 0.2) is 5.69 Å². The number of nitrogens with zero attached hydrogens (tertiary/aromatic N) is 2. The van der Waals surface area contributed by atoms with Gasteiger partial charge >= 0.3 is 18.3 Å². The molecule has 3 rings (SSSR count). The van der Waals surface area contributed by atoms with E-state index in [1.165, 1.54) is 0 Å². The SMILES string of the molecule is O=C(O)c1c(C(F)(F)F)nn2c1C(CCCc1cc(F)cc(C(F)(F)F)c1)CC2. The Bertz CT molecular complexity index is 932. The smallest absolute Gasteiger partial charge is 0.436 e. The molecular weight excluding hydrogens is 409 g/mol. The molecule has 158 valence electrons. The molecule has 0 aliphatic carbocycles. The lowest BCUT2D eigenvalue weighted by Crippen LogP contribution is -2.14. The summed E-state index contributed by atoms with van der Waals surface area (Å²) in [7, 11) is 0. The van der Waals surface area contributed by atoms with E-state index in [1.807, 2.05) is 0 Å². The van der Waals surface area contributed by atoms with Gasteiger partial charge in [-0.15, -0.1) is 0 Å². The van der Waals surface area contributed by atoms with Crippen LogP contribution < -0.4 is 0 Å². The van der Waals surface area contributed by atoms with E-state index in [4.69, 9.17) is 0 Å². The van der Waals surface area contributed by atoms with Gasteiger partial charge in [-0.1, -0.05) is 0 Å². The topological polar surface area (TPSA) is 55.1 Å². The van der Waals surface area contributed by atoms with Crippen molar-refractivity contribution in [3.8, 4) is 0 Å². The predicted molar refractivity (Wildman–Crippen MR) is 85.9 cm³/mol. The third kappa shape index (κ3) is 4.38. The number of carboxylic acid groups (broad SMARTS) is 1. The van der Waals surface area contributed by atoms with Crippen molar-refractivity contribution in [3.05, 3.63) is 52.1 Å². The summed E-state index contributed by atoms with van der Waals surface area (Å²) in [6.45, 7) is 0.120. The molecule has 0 saturated carbocycles. The van der Waals surface area contributed by atoms with Crippen LogP contribution in [0.1, 0.15) is 58.1 Å². The molecule has 1 N–H and O–H groups in total. The number of alkyl halides is 6. The molecule has 2 heterocycles. The first kappa shape index (κ1) is 21.1. The van der Waals surface area contributed by atoms with Gasteiger partial charge in [0.25, 0.3) is 0 Å². The van der Waals surface area contributed by atoms with Gasteiger partial charge < -0.3 is 5.11 Å². The summed E-state index contributed by atoms with van der Waals surface area (Å²) in [5.74, 6) is -3.29. The summed E-state index contributed by atoms with van der Waals surface area (Å²) in [5, 5.41) is 12.6. The van der Waals surface area contributed by atoms with Crippen LogP contribution in [0.4, 0.5) is 30.7 Å². The second-order valence-corrected chi connectivity index (χ2v) is 6.86. The highest BCUT2D eigenvalue weighted by Crippen LogP contribution is 2.41. The molecular formula is C18H15F7N2O2. The molecule has 4 nitrogen and oxygen atoms in total. The zero-order chi connectivity index (χ0) is 21.6. The number of benzene rings is 1. The monoisotopic (exact) mass is 424 g/mol. The molecule has 1 aliphatic heterocycles. The number of hydrogen-bond donors (Lipinski definition) is 1. The fourth-order valence-electron chi connectivity index (χ4n) is 3.68. The minimum Gasteiger partial charge on any atom is -0.478 e. The maximum absolute atomic E-state index is 13.5. The summed E-state index contributed by atoms with van der Waals surface area (Å²) < 4.78 is 92.0. The summed E-state index contributed by atoms with van der Waals surface area (Å²) in [6, 6.07) is 2.18. The molecule has 0 amide bonds. The van der Waals surface area contributed by atoms with E-state index in [0.29, 0.717) is 12.5 Å². The molecule has 1 aromatic heterocycles. The average Bonchev–Trinajstić information content (AvgIpc) is 3.13. The molecule has 29 heavy (non-hydrogen) atoms. The fraction of sp³-hybridized carbons (Fsp3) is 0.444. The minimum atomic E-state index is -4.91. The van der Waals surface area contributed by atoms with Gasteiger partial charge in [0.1, 0.15) is 11.4 Å². The largest absolute Gasteiger partial charge is 0.478 e. The van der Waals surface area contributed by atoms with Crippen molar-refractivity contribution >= 4 is 5.97 Å². The highest BCUT2D eigenvalue weighted by molar-refractivity contribution is 5.91. The minimum absolute atomic E-state index is 0.0277. The van der Waals surface area contributed by atoms with Crippen molar-refractivity contribution in [2.75, 3.05) is 0 Å². The summed E-state index contributed by atoms with van der Waals surface area (Å²) in [6.07, 6.45) is -8.68. The lowest BCUT2D eigenvalue weighted by molar-refractivity contribution is -0.142. The summed E-state index contributed by atoms with van der Waals surface area (Å²) in [4.78, 5) is 11.4. The lowest BCUT2D eigenvalue weighted by atomic mass is 9.92. The second kappa shape index (κ2) is 7.34. The first-order valence-electron chi connectivity index (χ1n) is 8.65. The van der Waals surface area contributed by atoms with E-state index < -0.39 is 46.9 Å². The van der Waals surface area contributed by atoms with Gasteiger partial charge in [-0.05, 0) is 49.4 Å². The zero-order valence-electron chi connectivity index (χ0n) is 14.7. The van der Waals surface area contributed by atoms with Gasteiger partial charge in [-0.2, -0.15) is 31.4 Å². The van der Waals surface area contributed by atoms with Crippen LogP contribution in [0, 0.1) is 5.82 Å². The number of carbonyl (C=O) groups is 1. The first-order valence-corrected chi connectivity index (χ1v) is 8.65. The number of rotatable bonds is 5. The standard InChI is InChI=1S/C18H15F7N2O2/c19-12-7-9(6-11(8-12)17(20,21)22)2-1-3-10-4-5-27-14(10)13(16(28)29)15(26-27)18(23,24)25/h6-8,10H,1-5H2,(H,28,29). The maximum Gasteiger partial charge on any atom is 0.436 e. The number of aromatic carboxylic acids is 1. The highest BCUT2D eigenvalue weighted by atomic mass is 19.4. The lowest BCUT2D eigenvalue weighted by Gasteiger charge is -2.13. The van der Waals surface area contributed by atoms with Crippen LogP contribution in [0.2, 0.25) is 0 Å². The molecule has 2 aromatic rings. The third-order valence-corrected chi connectivity index (χ3v) is 4.85. The third-order valence-electron chi connectivity index (χ3n) is 4.85. The summed E-state index contributed by atoms with van der Waals surface area (Å²) >= 11 is 0. The Hall–Kier alpha value is -2.59. The van der Waals surface area contributed by atoms with Crippen LogP contribution >= 0.6 is 0 Å². The number of aromatic nitrogens is 2. The normalized spacial score (nSPS) is 16.9. The van der Waals surface area contributed by atoms with Crippen molar-refractivity contribution in [2.24, 2.45) is 0 Å². The maximum atomic E-state index is 13.5. The van der Waals surface area contributed by atoms with E-state index in [0.717, 1.165) is 16.8 Å². The first-order chi connectivity index (χ1) is 13.4. The molecule has 0 saturated heterocycles. The Labute approximate surface area is 159 Å². The number of aryl methyl sites for hydroxylation is 2. The molecule has 0 fully saturated rings. The van der Waals surface area contributed by atoms with Gasteiger partial charge in [-0.3, -0.25) is 4.68 Å². The Morgan fingerprint density at radius 3 is 2.41 bits per heavy atom. The van der Waals surface area contributed by atoms with Crippen LogP contribution in [-0.4, -0.2) is 20.9 Å². The number of halogens is 7. The molecule has 1 aromatic carbocycles. The Morgan fingerprint density at radius 2 is 1.83 bits per heavy atom. The van der Waals surface area contributed by atoms with Crippen molar-refractivity contribution in [1.82, 2.24) is 9.78 Å². The fourth-order valence-corrected chi connectivity index (χ4v) is 3.68. The molecule has 1 atom stereocenters. The molecule has 11 heteroatoms. The van der Waals surface area contributed by atoms with Crippen molar-refractivity contribution in [1.29, 1.82) is 0 Å². The van der Waals surface area contributed by atoms with Crippen LogP contribution in [0.15, 0.2) is 18.2 Å². The molecule has 1 unspecified atom stereocenters. The molecule has 0 bridgehead atoms. The van der Waals surface area contributed by atoms with Crippen LogP contribution in [0.25, 0.3) is 0 Å². The Kier molecular flexibility index (Phi) is 5.35. The van der Waals surface area contributed by atoms with Gasteiger partial charge in [-0.25, -0.2) is 9.18 Å².